The van der Waals surface area contributed by atoms with Crippen LogP contribution in [0.25, 0.3) is 0 Å². The van der Waals surface area contributed by atoms with Gasteiger partial charge in [0.05, 0.1) is 11.7 Å². The van der Waals surface area contributed by atoms with Crippen LogP contribution in [0, 0.1) is 0 Å². The smallest absolute Gasteiger partial charge is 0.0543 e. The summed E-state index contributed by atoms with van der Waals surface area (Å²) in [4.78, 5) is 0. The van der Waals surface area contributed by atoms with Gasteiger partial charge in [0, 0.05) is 17.3 Å². The van der Waals surface area contributed by atoms with Gasteiger partial charge in [0.15, 0.2) is 0 Å². The second-order valence-corrected chi connectivity index (χ2v) is 5.22. The van der Waals surface area contributed by atoms with E-state index in [9.17, 15) is 0 Å². The Labute approximate surface area is 86.5 Å². The molecule has 0 saturated heterocycles. The summed E-state index contributed by atoms with van der Waals surface area (Å²) in [7, 11) is 1.97. The van der Waals surface area contributed by atoms with Gasteiger partial charge in [-0.1, -0.05) is 0 Å². The van der Waals surface area contributed by atoms with E-state index in [-0.39, 0.29) is 11.1 Å². The zero-order chi connectivity index (χ0) is 11.0. The first-order valence-electron chi connectivity index (χ1n) is 5.02. The van der Waals surface area contributed by atoms with Crippen LogP contribution in [0.5, 0.6) is 0 Å². The number of hydrogen-bond acceptors (Lipinski definition) is 2. The van der Waals surface area contributed by atoms with Gasteiger partial charge in [-0.05, 0) is 41.7 Å². The Balaban J connectivity index is 3.00. The van der Waals surface area contributed by atoms with E-state index in [1.165, 1.54) is 5.56 Å². The van der Waals surface area contributed by atoms with Crippen LogP contribution in [0.15, 0.2) is 12.4 Å². The predicted octanol–water partition coefficient (Wildman–Crippen LogP) is 2.09. The van der Waals surface area contributed by atoms with Gasteiger partial charge in [0.2, 0.25) is 0 Å². The first kappa shape index (κ1) is 11.2. The van der Waals surface area contributed by atoms with Gasteiger partial charge in [0.1, 0.15) is 0 Å². The van der Waals surface area contributed by atoms with Crippen LogP contribution in [0.3, 0.4) is 0 Å². The monoisotopic (exact) mass is 195 g/mol. The lowest BCUT2D eigenvalue weighted by atomic mass is 9.98. The van der Waals surface area contributed by atoms with Crippen LogP contribution in [-0.4, -0.2) is 16.8 Å². The molecule has 0 fully saturated rings. The van der Waals surface area contributed by atoms with Gasteiger partial charge in [-0.2, -0.15) is 5.10 Å². The third-order valence-electron chi connectivity index (χ3n) is 2.62. The lowest BCUT2D eigenvalue weighted by molar-refractivity contribution is 0.353. The molecule has 1 aromatic heterocycles. The van der Waals surface area contributed by atoms with E-state index in [4.69, 9.17) is 0 Å². The first-order valence-corrected chi connectivity index (χ1v) is 5.02. The molecular weight excluding hydrogens is 174 g/mol. The zero-order valence-electron chi connectivity index (χ0n) is 10.0. The summed E-state index contributed by atoms with van der Waals surface area (Å²) in [6, 6.07) is 0. The van der Waals surface area contributed by atoms with Crippen molar-refractivity contribution < 1.29 is 0 Å². The molecule has 0 atom stereocenters. The van der Waals surface area contributed by atoms with E-state index in [1.54, 1.807) is 0 Å². The largest absolute Gasteiger partial charge is 0.311 e. The Kier molecular flexibility index (Phi) is 2.72. The fourth-order valence-electron chi connectivity index (χ4n) is 1.16. The molecule has 0 aromatic carbocycles. The summed E-state index contributed by atoms with van der Waals surface area (Å²) in [5, 5.41) is 7.65. The second kappa shape index (κ2) is 3.39. The minimum Gasteiger partial charge on any atom is -0.311 e. The molecule has 1 N–H and O–H groups in total. The van der Waals surface area contributed by atoms with Gasteiger partial charge < -0.3 is 5.32 Å². The molecular formula is C11H21N3. The summed E-state index contributed by atoms with van der Waals surface area (Å²) < 4.78 is 2.00. The van der Waals surface area contributed by atoms with Gasteiger partial charge >= 0.3 is 0 Å². The highest BCUT2D eigenvalue weighted by Gasteiger charge is 2.22. The van der Waals surface area contributed by atoms with Crippen molar-refractivity contribution in [3.05, 3.63) is 18.0 Å². The Morgan fingerprint density at radius 1 is 1.21 bits per heavy atom. The third-order valence-corrected chi connectivity index (χ3v) is 2.62. The molecule has 1 heterocycles. The van der Waals surface area contributed by atoms with E-state index >= 15 is 0 Å². The average molecular weight is 195 g/mol. The highest BCUT2D eigenvalue weighted by Crippen LogP contribution is 2.21. The van der Waals surface area contributed by atoms with Crippen LogP contribution in [0.4, 0.5) is 0 Å². The highest BCUT2D eigenvalue weighted by atomic mass is 15.3. The van der Waals surface area contributed by atoms with Crippen LogP contribution in [0.2, 0.25) is 0 Å². The molecule has 0 aliphatic heterocycles. The molecule has 0 amide bonds. The van der Waals surface area contributed by atoms with Gasteiger partial charge in [-0.25, -0.2) is 0 Å². The van der Waals surface area contributed by atoms with Crippen molar-refractivity contribution in [3.8, 4) is 0 Å². The van der Waals surface area contributed by atoms with Crippen LogP contribution >= 0.6 is 0 Å². The van der Waals surface area contributed by atoms with Crippen LogP contribution in [-0.2, 0) is 11.1 Å². The summed E-state index contributed by atoms with van der Waals surface area (Å²) in [6.07, 6.45) is 4.04. The lowest BCUT2D eigenvalue weighted by Crippen LogP contribution is -2.32. The van der Waals surface area contributed by atoms with Gasteiger partial charge in [0.25, 0.3) is 0 Å². The quantitative estimate of drug-likeness (QED) is 0.783. The Hall–Kier alpha value is -0.830. The number of nitrogens with one attached hydrogen (secondary N) is 1. The van der Waals surface area contributed by atoms with Crippen molar-refractivity contribution in [1.29, 1.82) is 0 Å². The number of hydrogen-bond donors (Lipinski definition) is 1. The molecule has 0 saturated carbocycles. The number of nitrogens with zero attached hydrogens (tertiary/aromatic N) is 2. The minimum absolute atomic E-state index is 0.0104. The molecule has 0 bridgehead atoms. The standard InChI is InChI=1S/C11H21N3/c1-10(2,3)14-8-9(7-13-14)11(4,5)12-6/h7-8,12H,1-6H3. The molecule has 0 aliphatic rings. The zero-order valence-corrected chi connectivity index (χ0v) is 10.0. The maximum Gasteiger partial charge on any atom is 0.0543 e. The fourth-order valence-corrected chi connectivity index (χ4v) is 1.16. The van der Waals surface area contributed by atoms with Crippen LogP contribution in [0.1, 0.15) is 40.2 Å². The number of rotatable bonds is 2. The molecule has 0 unspecified atom stereocenters. The molecule has 1 rings (SSSR count). The normalized spacial score (nSPS) is 13.3. The van der Waals surface area contributed by atoms with Crippen molar-refractivity contribution >= 4 is 0 Å². The molecule has 3 heteroatoms. The summed E-state index contributed by atoms with van der Waals surface area (Å²) in [6.45, 7) is 10.7. The topological polar surface area (TPSA) is 29.9 Å². The Bertz CT molecular complexity index is 305. The molecule has 0 radical (unpaired) electrons. The molecule has 0 aliphatic carbocycles. The van der Waals surface area contributed by atoms with Gasteiger partial charge in [-0.15, -0.1) is 0 Å². The van der Waals surface area contributed by atoms with Crippen molar-refractivity contribution in [2.45, 2.75) is 45.7 Å². The molecule has 14 heavy (non-hydrogen) atoms. The van der Waals surface area contributed by atoms with Crippen molar-refractivity contribution in [2.24, 2.45) is 0 Å². The van der Waals surface area contributed by atoms with Crippen molar-refractivity contribution in [2.75, 3.05) is 7.05 Å². The summed E-state index contributed by atoms with van der Waals surface area (Å²) >= 11 is 0. The summed E-state index contributed by atoms with van der Waals surface area (Å²) in [5.74, 6) is 0. The van der Waals surface area contributed by atoms with Crippen molar-refractivity contribution in [3.63, 3.8) is 0 Å². The van der Waals surface area contributed by atoms with E-state index in [0.29, 0.717) is 0 Å². The lowest BCUT2D eigenvalue weighted by Gasteiger charge is -2.23. The number of aromatic nitrogens is 2. The SMILES string of the molecule is CNC(C)(C)c1cnn(C(C)(C)C)c1. The molecule has 1 aromatic rings. The maximum atomic E-state index is 4.38. The van der Waals surface area contributed by atoms with E-state index in [1.807, 2.05) is 17.9 Å². The van der Waals surface area contributed by atoms with Crippen LogP contribution < -0.4 is 5.32 Å². The first-order chi connectivity index (χ1) is 6.27. The highest BCUT2D eigenvalue weighted by molar-refractivity contribution is 5.16. The Morgan fingerprint density at radius 2 is 1.79 bits per heavy atom. The van der Waals surface area contributed by atoms with Crippen molar-refractivity contribution in [1.82, 2.24) is 15.1 Å². The maximum absolute atomic E-state index is 4.38. The second-order valence-electron chi connectivity index (χ2n) is 5.22. The van der Waals surface area contributed by atoms with E-state index in [2.05, 4.69) is 51.2 Å². The average Bonchev–Trinajstić information content (AvgIpc) is 2.51. The van der Waals surface area contributed by atoms with Gasteiger partial charge in [-0.3, -0.25) is 4.68 Å². The minimum atomic E-state index is -0.0104. The molecule has 80 valence electrons. The summed E-state index contributed by atoms with van der Waals surface area (Å²) in [5.41, 5.74) is 1.26. The molecule has 3 nitrogen and oxygen atoms in total. The fraction of sp³-hybridized carbons (Fsp3) is 0.727. The predicted molar refractivity (Wildman–Crippen MR) is 59.3 cm³/mol. The molecule has 0 spiro atoms. The Morgan fingerprint density at radius 3 is 2.14 bits per heavy atom. The third kappa shape index (κ3) is 2.15. The van der Waals surface area contributed by atoms with E-state index in [0.717, 1.165) is 0 Å². The van der Waals surface area contributed by atoms with E-state index < -0.39 is 0 Å².